The zero-order valence-corrected chi connectivity index (χ0v) is 21.0. The second-order valence-electron chi connectivity index (χ2n) is 9.68. The Morgan fingerprint density at radius 1 is 1.24 bits per heavy atom. The first kappa shape index (κ1) is 26.0. The number of fused-ring (bicyclic) bond motifs is 2. The van der Waals surface area contributed by atoms with Gasteiger partial charge in [-0.1, -0.05) is 0 Å². The SMILES string of the molecule is Cc1c(C=C2C(=O)Nc3cc(NC(=O)CO)c(F)cc32)[nH]c2c1C(=O)N(C[C@@H](O)CN1CCOCC1)CC2. The lowest BCUT2D eigenvalue weighted by molar-refractivity contribution is -0.118. The van der Waals surface area contributed by atoms with Crippen LogP contribution in [0.15, 0.2) is 12.1 Å². The molecule has 38 heavy (non-hydrogen) atoms. The summed E-state index contributed by atoms with van der Waals surface area (Å²) >= 11 is 0. The number of β-amino-alcohol motifs (C(OH)–C–C–N with tert-alkyl or cyclic N) is 1. The van der Waals surface area contributed by atoms with Gasteiger partial charge in [-0.15, -0.1) is 0 Å². The van der Waals surface area contributed by atoms with Crippen molar-refractivity contribution in [3.63, 3.8) is 0 Å². The van der Waals surface area contributed by atoms with Gasteiger partial charge in [-0.2, -0.15) is 0 Å². The van der Waals surface area contributed by atoms with Crippen LogP contribution >= 0.6 is 0 Å². The average Bonchev–Trinajstić information content (AvgIpc) is 3.37. The van der Waals surface area contributed by atoms with Crippen LogP contribution in [0.4, 0.5) is 15.8 Å². The van der Waals surface area contributed by atoms with Gasteiger partial charge >= 0.3 is 0 Å². The van der Waals surface area contributed by atoms with Crippen molar-refractivity contribution in [2.45, 2.75) is 19.4 Å². The number of rotatable bonds is 7. The van der Waals surface area contributed by atoms with Gasteiger partial charge in [0, 0.05) is 56.1 Å². The molecule has 5 rings (SSSR count). The number of carbonyl (C=O) groups excluding carboxylic acids is 3. The number of aromatic nitrogens is 1. The van der Waals surface area contributed by atoms with Crippen LogP contribution in [0.25, 0.3) is 11.6 Å². The maximum atomic E-state index is 14.6. The van der Waals surface area contributed by atoms with Crippen molar-refractivity contribution in [2.24, 2.45) is 0 Å². The Kier molecular flexibility index (Phi) is 7.30. The Bertz CT molecular complexity index is 1320. The molecule has 1 aromatic carbocycles. The molecule has 4 heterocycles. The number of nitrogens with zero attached hydrogens (tertiary/aromatic N) is 2. The molecule has 1 atom stereocenters. The monoisotopic (exact) mass is 527 g/mol. The second-order valence-corrected chi connectivity index (χ2v) is 9.68. The number of morpholine rings is 1. The number of hydrogen-bond acceptors (Lipinski definition) is 7. The first-order valence-electron chi connectivity index (χ1n) is 12.5. The highest BCUT2D eigenvalue weighted by Gasteiger charge is 2.32. The number of anilines is 2. The zero-order valence-electron chi connectivity index (χ0n) is 21.0. The molecule has 5 N–H and O–H groups in total. The summed E-state index contributed by atoms with van der Waals surface area (Å²) in [4.78, 5) is 44.5. The number of ether oxygens (including phenoxy) is 1. The van der Waals surface area contributed by atoms with Gasteiger partial charge in [0.15, 0.2) is 0 Å². The van der Waals surface area contributed by atoms with Crippen LogP contribution in [-0.4, -0.2) is 101 Å². The minimum Gasteiger partial charge on any atom is -0.390 e. The molecule has 0 unspecified atom stereocenters. The van der Waals surface area contributed by atoms with E-state index in [1.165, 1.54) is 6.07 Å². The van der Waals surface area contributed by atoms with E-state index < -0.39 is 30.3 Å². The lowest BCUT2D eigenvalue weighted by atomic mass is 10.0. The van der Waals surface area contributed by atoms with E-state index >= 15 is 0 Å². The van der Waals surface area contributed by atoms with Crippen LogP contribution < -0.4 is 10.6 Å². The van der Waals surface area contributed by atoms with Crippen molar-refractivity contribution in [2.75, 3.05) is 63.2 Å². The largest absolute Gasteiger partial charge is 0.390 e. The first-order valence-corrected chi connectivity index (χ1v) is 12.5. The standard InChI is InChI=1S/C26H30FN5O6/c1-14-20(9-17-16-8-18(27)22(29-23(35)13-33)10-21(16)30-25(17)36)28-19-2-3-32(26(37)24(14)19)12-15(34)11-31-4-6-38-7-5-31/h8-10,15,28,33-34H,2-7,11-13H2,1H3,(H,29,35)(H,30,36)/t15-/m0/s1. The summed E-state index contributed by atoms with van der Waals surface area (Å²) in [6, 6.07) is 2.44. The Hall–Kier alpha value is -3.58. The van der Waals surface area contributed by atoms with Crippen molar-refractivity contribution < 1.29 is 33.7 Å². The van der Waals surface area contributed by atoms with E-state index in [4.69, 9.17) is 9.84 Å². The van der Waals surface area contributed by atoms with E-state index in [-0.39, 0.29) is 23.7 Å². The molecular formula is C26H30FN5O6. The third-order valence-corrected chi connectivity index (χ3v) is 7.10. The van der Waals surface area contributed by atoms with E-state index in [0.29, 0.717) is 60.8 Å². The number of aliphatic hydroxyl groups is 2. The molecule has 202 valence electrons. The molecule has 2 aromatic rings. The molecule has 3 aliphatic rings. The van der Waals surface area contributed by atoms with E-state index in [1.54, 1.807) is 17.9 Å². The molecular weight excluding hydrogens is 497 g/mol. The lowest BCUT2D eigenvalue weighted by Crippen LogP contribution is -2.47. The maximum absolute atomic E-state index is 14.6. The predicted molar refractivity (Wildman–Crippen MR) is 137 cm³/mol. The highest BCUT2D eigenvalue weighted by atomic mass is 19.1. The summed E-state index contributed by atoms with van der Waals surface area (Å²) < 4.78 is 20.0. The summed E-state index contributed by atoms with van der Waals surface area (Å²) in [7, 11) is 0. The summed E-state index contributed by atoms with van der Waals surface area (Å²) in [6.45, 7) is 4.92. The highest BCUT2D eigenvalue weighted by Crippen LogP contribution is 2.37. The van der Waals surface area contributed by atoms with Crippen molar-refractivity contribution in [1.29, 1.82) is 0 Å². The number of aromatic amines is 1. The molecule has 12 heteroatoms. The number of aliphatic hydroxyl groups excluding tert-OH is 2. The van der Waals surface area contributed by atoms with Crippen LogP contribution in [0, 0.1) is 12.7 Å². The summed E-state index contributed by atoms with van der Waals surface area (Å²) in [5, 5.41) is 24.4. The van der Waals surface area contributed by atoms with Gasteiger partial charge in [-0.25, -0.2) is 4.39 Å². The number of H-pyrrole nitrogens is 1. The van der Waals surface area contributed by atoms with Crippen LogP contribution in [0.2, 0.25) is 0 Å². The molecule has 0 aliphatic carbocycles. The zero-order chi connectivity index (χ0) is 27.0. The number of amides is 3. The predicted octanol–water partition coefficient (Wildman–Crippen LogP) is 0.577. The van der Waals surface area contributed by atoms with Crippen LogP contribution in [0.3, 0.4) is 0 Å². The molecule has 11 nitrogen and oxygen atoms in total. The molecule has 3 aliphatic heterocycles. The molecule has 3 amide bonds. The minimum absolute atomic E-state index is 0.155. The topological polar surface area (TPSA) is 147 Å². The molecule has 0 spiro atoms. The smallest absolute Gasteiger partial charge is 0.256 e. The number of nitrogens with one attached hydrogen (secondary N) is 3. The Morgan fingerprint density at radius 2 is 2.00 bits per heavy atom. The Morgan fingerprint density at radius 3 is 2.74 bits per heavy atom. The third kappa shape index (κ3) is 5.07. The van der Waals surface area contributed by atoms with Crippen LogP contribution in [-0.2, 0) is 20.7 Å². The fourth-order valence-corrected chi connectivity index (χ4v) is 5.16. The average molecular weight is 528 g/mol. The van der Waals surface area contributed by atoms with Crippen molar-refractivity contribution in [3.8, 4) is 0 Å². The summed E-state index contributed by atoms with van der Waals surface area (Å²) in [5.74, 6) is -2.16. The van der Waals surface area contributed by atoms with E-state index in [0.717, 1.165) is 24.8 Å². The van der Waals surface area contributed by atoms with E-state index in [2.05, 4.69) is 20.5 Å². The van der Waals surface area contributed by atoms with Crippen LogP contribution in [0.5, 0.6) is 0 Å². The molecule has 1 aromatic heterocycles. The van der Waals surface area contributed by atoms with Gasteiger partial charge in [0.05, 0.1) is 41.8 Å². The number of halogens is 1. The number of carbonyl (C=O) groups is 3. The fraction of sp³-hybridized carbons (Fsp3) is 0.423. The van der Waals surface area contributed by atoms with Gasteiger partial charge in [0.2, 0.25) is 5.91 Å². The van der Waals surface area contributed by atoms with Gasteiger partial charge in [0.1, 0.15) is 12.4 Å². The Labute approximate surface area is 218 Å². The van der Waals surface area contributed by atoms with Crippen molar-refractivity contribution in [1.82, 2.24) is 14.8 Å². The van der Waals surface area contributed by atoms with Gasteiger partial charge in [-0.3, -0.25) is 19.3 Å². The first-order chi connectivity index (χ1) is 18.2. The molecule has 1 fully saturated rings. The van der Waals surface area contributed by atoms with Crippen molar-refractivity contribution >= 4 is 40.7 Å². The molecule has 0 radical (unpaired) electrons. The normalized spacial score (nSPS) is 19.4. The second kappa shape index (κ2) is 10.7. The fourth-order valence-electron chi connectivity index (χ4n) is 5.16. The lowest BCUT2D eigenvalue weighted by Gasteiger charge is -2.32. The van der Waals surface area contributed by atoms with Crippen molar-refractivity contribution in [3.05, 3.63) is 46.0 Å². The van der Waals surface area contributed by atoms with Gasteiger partial charge in [-0.05, 0) is 30.7 Å². The minimum atomic E-state index is -0.798. The van der Waals surface area contributed by atoms with Gasteiger partial charge < -0.3 is 35.5 Å². The van der Waals surface area contributed by atoms with E-state index in [1.807, 2.05) is 0 Å². The molecule has 0 saturated carbocycles. The molecule has 1 saturated heterocycles. The number of benzene rings is 1. The number of hydrogen-bond donors (Lipinski definition) is 5. The summed E-state index contributed by atoms with van der Waals surface area (Å²) in [6.07, 6.45) is 1.48. The van der Waals surface area contributed by atoms with E-state index in [9.17, 15) is 23.9 Å². The third-order valence-electron chi connectivity index (χ3n) is 7.10. The van der Waals surface area contributed by atoms with Gasteiger partial charge in [0.25, 0.3) is 11.8 Å². The Balaban J connectivity index is 1.35. The quantitative estimate of drug-likeness (QED) is 0.331. The maximum Gasteiger partial charge on any atom is 0.256 e. The molecule has 0 bridgehead atoms. The highest BCUT2D eigenvalue weighted by molar-refractivity contribution is 6.35. The van der Waals surface area contributed by atoms with Crippen LogP contribution in [0.1, 0.15) is 32.9 Å². The summed E-state index contributed by atoms with van der Waals surface area (Å²) in [5.41, 5.74) is 3.21.